The predicted octanol–water partition coefficient (Wildman–Crippen LogP) is 4.97. The first kappa shape index (κ1) is 18.7. The van der Waals surface area contributed by atoms with Crippen LogP contribution in [0.15, 0.2) is 97.1 Å². The number of nitrogens with zero attached hydrogens (tertiary/aromatic N) is 1. The van der Waals surface area contributed by atoms with Gasteiger partial charge in [0, 0.05) is 0 Å². The number of rotatable bonds is 5. The Labute approximate surface area is 170 Å². The summed E-state index contributed by atoms with van der Waals surface area (Å²) in [6.07, 6.45) is 3.79. The van der Waals surface area contributed by atoms with E-state index >= 15 is 0 Å². The van der Waals surface area contributed by atoms with E-state index in [4.69, 9.17) is 4.74 Å². The van der Waals surface area contributed by atoms with Gasteiger partial charge in [0.1, 0.15) is 5.75 Å². The van der Waals surface area contributed by atoms with E-state index in [2.05, 4.69) is 0 Å². The Bertz CT molecular complexity index is 1000. The maximum atomic E-state index is 12.8. The van der Waals surface area contributed by atoms with Gasteiger partial charge in [0.25, 0.3) is 0 Å². The summed E-state index contributed by atoms with van der Waals surface area (Å²) >= 11 is 0. The molecule has 4 nitrogen and oxygen atoms in total. The van der Waals surface area contributed by atoms with Crippen LogP contribution in [0.2, 0.25) is 0 Å². The topological polar surface area (TPSA) is 46.6 Å². The minimum atomic E-state index is -0.645. The second-order valence-corrected chi connectivity index (χ2v) is 6.95. The fourth-order valence-electron chi connectivity index (χ4n) is 3.49. The first-order valence-corrected chi connectivity index (χ1v) is 9.59. The van der Waals surface area contributed by atoms with E-state index in [-0.39, 0.29) is 17.9 Å². The lowest BCUT2D eigenvalue weighted by Gasteiger charge is -2.43. The van der Waals surface area contributed by atoms with Crippen molar-refractivity contribution in [3.63, 3.8) is 0 Å². The van der Waals surface area contributed by atoms with Crippen LogP contribution < -0.4 is 4.74 Å². The van der Waals surface area contributed by atoms with Crippen LogP contribution in [0.4, 0.5) is 4.79 Å². The van der Waals surface area contributed by atoms with Gasteiger partial charge in [-0.05, 0) is 29.7 Å². The SMILES string of the molecule is O=C(Oc1ccccc1)N1C(=O)C(Cc2ccccc2)C1/C=C/c1ccccc1. The van der Waals surface area contributed by atoms with Crippen LogP contribution in [-0.4, -0.2) is 22.9 Å². The number of carbonyl (C=O) groups excluding carboxylic acids is 2. The number of β-lactam (4-membered cyclic amide) rings is 1. The number of hydrogen-bond donors (Lipinski definition) is 0. The van der Waals surface area contributed by atoms with Crippen LogP contribution in [0.5, 0.6) is 5.75 Å². The molecular weight excluding hydrogens is 362 g/mol. The monoisotopic (exact) mass is 383 g/mol. The van der Waals surface area contributed by atoms with E-state index in [1.165, 1.54) is 4.90 Å². The lowest BCUT2D eigenvalue weighted by Crippen LogP contribution is -2.63. The normalized spacial score (nSPS) is 18.5. The molecule has 0 aromatic heterocycles. The third kappa shape index (κ3) is 4.27. The molecule has 0 N–H and O–H groups in total. The highest BCUT2D eigenvalue weighted by atomic mass is 16.6. The van der Waals surface area contributed by atoms with Crippen LogP contribution in [0.3, 0.4) is 0 Å². The zero-order valence-electron chi connectivity index (χ0n) is 15.8. The van der Waals surface area contributed by atoms with Gasteiger partial charge in [-0.2, -0.15) is 0 Å². The molecule has 0 saturated carbocycles. The van der Waals surface area contributed by atoms with Gasteiger partial charge in [-0.3, -0.25) is 4.79 Å². The zero-order valence-corrected chi connectivity index (χ0v) is 15.8. The maximum Gasteiger partial charge on any atom is 0.422 e. The number of benzene rings is 3. The predicted molar refractivity (Wildman–Crippen MR) is 112 cm³/mol. The number of para-hydroxylation sites is 1. The van der Waals surface area contributed by atoms with E-state index in [9.17, 15) is 9.59 Å². The summed E-state index contributed by atoms with van der Waals surface area (Å²) in [7, 11) is 0. The van der Waals surface area contributed by atoms with Gasteiger partial charge in [0.2, 0.25) is 5.91 Å². The molecule has 1 saturated heterocycles. The van der Waals surface area contributed by atoms with E-state index in [1.54, 1.807) is 24.3 Å². The Morgan fingerprint density at radius 3 is 2.10 bits per heavy atom. The summed E-state index contributed by atoms with van der Waals surface area (Å²) in [5.74, 6) is -0.0826. The molecule has 3 aromatic rings. The third-order valence-electron chi connectivity index (χ3n) is 4.99. The third-order valence-corrected chi connectivity index (χ3v) is 4.99. The molecule has 4 heteroatoms. The number of imide groups is 1. The minimum absolute atomic E-state index is 0.211. The van der Waals surface area contributed by atoms with Crippen molar-refractivity contribution in [1.29, 1.82) is 0 Å². The summed E-state index contributed by atoms with van der Waals surface area (Å²) in [5.41, 5.74) is 2.08. The molecule has 29 heavy (non-hydrogen) atoms. The molecule has 1 heterocycles. The molecule has 0 aliphatic carbocycles. The molecule has 2 unspecified atom stereocenters. The molecular formula is C25H21NO3. The second-order valence-electron chi connectivity index (χ2n) is 6.95. The number of likely N-dealkylation sites (tertiary alicyclic amines) is 1. The smallest absolute Gasteiger partial charge is 0.410 e. The van der Waals surface area contributed by atoms with Crippen molar-refractivity contribution >= 4 is 18.1 Å². The van der Waals surface area contributed by atoms with E-state index < -0.39 is 6.09 Å². The number of carbonyl (C=O) groups is 2. The van der Waals surface area contributed by atoms with Gasteiger partial charge in [0.15, 0.2) is 0 Å². The van der Waals surface area contributed by atoms with Crippen molar-refractivity contribution in [2.24, 2.45) is 5.92 Å². The molecule has 144 valence electrons. The quantitative estimate of drug-likeness (QED) is 0.585. The molecule has 4 rings (SSSR count). The molecule has 1 fully saturated rings. The van der Waals surface area contributed by atoms with Crippen molar-refractivity contribution in [3.05, 3.63) is 108 Å². The minimum Gasteiger partial charge on any atom is -0.410 e. The van der Waals surface area contributed by atoms with Gasteiger partial charge >= 0.3 is 6.09 Å². The van der Waals surface area contributed by atoms with Crippen LogP contribution in [0.1, 0.15) is 11.1 Å². The Morgan fingerprint density at radius 1 is 0.862 bits per heavy atom. The van der Waals surface area contributed by atoms with E-state index in [0.717, 1.165) is 11.1 Å². The maximum absolute atomic E-state index is 12.8. The van der Waals surface area contributed by atoms with Crippen LogP contribution in [0.25, 0.3) is 6.08 Å². The fraction of sp³-hybridized carbons (Fsp3) is 0.120. The fourth-order valence-corrected chi connectivity index (χ4v) is 3.49. The van der Waals surface area contributed by atoms with Crippen molar-refractivity contribution in [2.45, 2.75) is 12.5 Å². The van der Waals surface area contributed by atoms with Gasteiger partial charge in [-0.25, -0.2) is 9.69 Å². The average molecular weight is 383 g/mol. The first-order chi connectivity index (χ1) is 14.2. The Morgan fingerprint density at radius 2 is 1.45 bits per heavy atom. The van der Waals surface area contributed by atoms with Gasteiger partial charge in [-0.15, -0.1) is 0 Å². The first-order valence-electron chi connectivity index (χ1n) is 9.59. The molecule has 2 atom stereocenters. The molecule has 0 bridgehead atoms. The average Bonchev–Trinajstić information content (AvgIpc) is 2.76. The van der Waals surface area contributed by atoms with Crippen molar-refractivity contribution in [2.75, 3.05) is 0 Å². The largest absolute Gasteiger partial charge is 0.422 e. The number of hydrogen-bond acceptors (Lipinski definition) is 3. The highest BCUT2D eigenvalue weighted by Gasteiger charge is 2.50. The molecule has 1 aliphatic rings. The standard InChI is InChI=1S/C25H21NO3/c27-24-22(18-20-12-6-2-7-13-20)23(17-16-19-10-4-1-5-11-19)26(24)25(28)29-21-14-8-3-9-15-21/h1-17,22-23H,18H2/b17-16+. The second kappa shape index (κ2) is 8.57. The Hall–Kier alpha value is -3.66. The number of amides is 2. The van der Waals surface area contributed by atoms with Gasteiger partial charge in [-0.1, -0.05) is 91.0 Å². The van der Waals surface area contributed by atoms with Crippen LogP contribution in [-0.2, 0) is 11.2 Å². The lowest BCUT2D eigenvalue weighted by molar-refractivity contribution is -0.148. The van der Waals surface area contributed by atoms with Crippen LogP contribution >= 0.6 is 0 Å². The van der Waals surface area contributed by atoms with Gasteiger partial charge < -0.3 is 4.74 Å². The zero-order chi connectivity index (χ0) is 20.1. The van der Waals surface area contributed by atoms with Crippen molar-refractivity contribution in [1.82, 2.24) is 4.90 Å². The number of ether oxygens (including phenoxy) is 1. The Kier molecular flexibility index (Phi) is 5.52. The summed E-state index contributed by atoms with van der Waals surface area (Å²) in [6, 6.07) is 28.1. The van der Waals surface area contributed by atoms with E-state index in [1.807, 2.05) is 78.9 Å². The highest BCUT2D eigenvalue weighted by Crippen LogP contribution is 2.32. The molecule has 0 radical (unpaired) electrons. The van der Waals surface area contributed by atoms with Crippen molar-refractivity contribution in [3.8, 4) is 5.75 Å². The van der Waals surface area contributed by atoms with Gasteiger partial charge in [0.05, 0.1) is 12.0 Å². The summed E-state index contributed by atoms with van der Waals surface area (Å²) in [6.45, 7) is 0. The summed E-state index contributed by atoms with van der Waals surface area (Å²) in [4.78, 5) is 26.7. The van der Waals surface area contributed by atoms with Crippen molar-refractivity contribution < 1.29 is 14.3 Å². The molecule has 2 amide bonds. The lowest BCUT2D eigenvalue weighted by atomic mass is 9.82. The Balaban J connectivity index is 1.55. The summed E-state index contributed by atoms with van der Waals surface area (Å²) in [5, 5.41) is 0. The molecule has 1 aliphatic heterocycles. The summed E-state index contributed by atoms with van der Waals surface area (Å²) < 4.78 is 5.40. The van der Waals surface area contributed by atoms with Crippen LogP contribution in [0, 0.1) is 5.92 Å². The van der Waals surface area contributed by atoms with E-state index in [0.29, 0.717) is 12.2 Å². The molecule has 3 aromatic carbocycles. The highest BCUT2D eigenvalue weighted by molar-refractivity contribution is 6.01. The molecule has 0 spiro atoms.